The van der Waals surface area contributed by atoms with Crippen LogP contribution >= 0.6 is 0 Å². The number of hydrogen-bond acceptors (Lipinski definition) is 3. The Labute approximate surface area is 60.6 Å². The predicted octanol–water partition coefficient (Wildman–Crippen LogP) is 0.128. The fourth-order valence-electron chi connectivity index (χ4n) is 0.509. The van der Waals surface area contributed by atoms with Crippen LogP contribution in [0.25, 0.3) is 0 Å². The van der Waals surface area contributed by atoms with Crippen molar-refractivity contribution < 1.29 is 9.59 Å². The van der Waals surface area contributed by atoms with E-state index in [0.29, 0.717) is 0 Å². The highest BCUT2D eigenvalue weighted by Gasteiger charge is 2.20. The van der Waals surface area contributed by atoms with E-state index in [4.69, 9.17) is 5.73 Å². The van der Waals surface area contributed by atoms with Crippen LogP contribution in [0.2, 0.25) is 0 Å². The van der Waals surface area contributed by atoms with Crippen LogP contribution in [0.1, 0.15) is 20.8 Å². The minimum atomic E-state index is -0.658. The Kier molecular flexibility index (Phi) is 3.22. The van der Waals surface area contributed by atoms with Gasteiger partial charge in [0.25, 0.3) is 0 Å². The van der Waals surface area contributed by atoms with Gasteiger partial charge in [-0.3, -0.25) is 9.59 Å². The predicted molar refractivity (Wildman–Crippen MR) is 38.5 cm³/mol. The first-order chi connectivity index (χ1) is 4.46. The molecular weight excluding hydrogens is 130 g/mol. The van der Waals surface area contributed by atoms with Gasteiger partial charge >= 0.3 is 0 Å². The van der Waals surface area contributed by atoms with E-state index in [1.165, 1.54) is 6.92 Å². The molecule has 0 amide bonds. The highest BCUT2D eigenvalue weighted by atomic mass is 16.2. The van der Waals surface area contributed by atoms with E-state index in [2.05, 4.69) is 0 Å². The summed E-state index contributed by atoms with van der Waals surface area (Å²) in [4.78, 5) is 21.7. The SMILES string of the molecule is CC(C)C(=O)C(=O)C(C)N. The Hall–Kier alpha value is -0.700. The standard InChI is InChI=1S/C7H13NO2/c1-4(2)6(9)7(10)5(3)8/h4-5H,8H2,1-3H3. The average molecular weight is 143 g/mol. The molecule has 3 nitrogen and oxygen atoms in total. The Morgan fingerprint density at radius 3 is 1.60 bits per heavy atom. The van der Waals surface area contributed by atoms with Gasteiger partial charge in [0, 0.05) is 5.92 Å². The number of carbonyl (C=O) groups excluding carboxylic acids is 2. The molecule has 2 N–H and O–H groups in total. The van der Waals surface area contributed by atoms with Crippen molar-refractivity contribution in [1.82, 2.24) is 0 Å². The van der Waals surface area contributed by atoms with Gasteiger partial charge in [-0.15, -0.1) is 0 Å². The summed E-state index contributed by atoms with van der Waals surface area (Å²) in [5.74, 6) is -1.09. The van der Waals surface area contributed by atoms with Crippen molar-refractivity contribution in [2.75, 3.05) is 0 Å². The first-order valence-electron chi connectivity index (χ1n) is 3.30. The summed E-state index contributed by atoms with van der Waals surface area (Å²) in [5.41, 5.74) is 5.20. The quantitative estimate of drug-likeness (QED) is 0.571. The molecule has 3 heteroatoms. The number of rotatable bonds is 3. The maximum absolute atomic E-state index is 10.9. The summed E-state index contributed by atoms with van der Waals surface area (Å²) < 4.78 is 0. The molecule has 0 saturated heterocycles. The van der Waals surface area contributed by atoms with E-state index in [-0.39, 0.29) is 11.7 Å². The summed E-state index contributed by atoms with van der Waals surface area (Å²) in [6.45, 7) is 4.88. The summed E-state index contributed by atoms with van der Waals surface area (Å²) in [6.07, 6.45) is 0. The van der Waals surface area contributed by atoms with Gasteiger partial charge in [-0.2, -0.15) is 0 Å². The van der Waals surface area contributed by atoms with Crippen LogP contribution in [0.3, 0.4) is 0 Å². The van der Waals surface area contributed by atoms with Gasteiger partial charge < -0.3 is 5.73 Å². The molecule has 0 aliphatic rings. The number of ketones is 2. The zero-order valence-corrected chi connectivity index (χ0v) is 6.55. The van der Waals surface area contributed by atoms with Crippen LogP contribution in [-0.2, 0) is 9.59 Å². The summed E-state index contributed by atoms with van der Waals surface area (Å²) in [7, 11) is 0. The first kappa shape index (κ1) is 9.30. The molecule has 0 aromatic rings. The van der Waals surface area contributed by atoms with Crippen LogP contribution in [0.4, 0.5) is 0 Å². The lowest BCUT2D eigenvalue weighted by atomic mass is 10.0. The average Bonchev–Trinajstić information content (AvgIpc) is 1.84. The van der Waals surface area contributed by atoms with Gasteiger partial charge in [0.1, 0.15) is 0 Å². The topological polar surface area (TPSA) is 60.2 Å². The third-order valence-corrected chi connectivity index (χ3v) is 1.18. The molecular formula is C7H13NO2. The zero-order chi connectivity index (χ0) is 8.31. The summed E-state index contributed by atoms with van der Waals surface area (Å²) in [5, 5.41) is 0. The lowest BCUT2D eigenvalue weighted by molar-refractivity contribution is -0.138. The maximum atomic E-state index is 10.9. The largest absolute Gasteiger partial charge is 0.321 e. The molecule has 10 heavy (non-hydrogen) atoms. The molecule has 0 aromatic heterocycles. The van der Waals surface area contributed by atoms with Crippen LogP contribution < -0.4 is 5.73 Å². The van der Waals surface area contributed by atoms with Gasteiger partial charge in [0.15, 0.2) is 0 Å². The van der Waals surface area contributed by atoms with Crippen molar-refractivity contribution in [3.8, 4) is 0 Å². The van der Waals surface area contributed by atoms with E-state index >= 15 is 0 Å². The third-order valence-electron chi connectivity index (χ3n) is 1.18. The fraction of sp³-hybridized carbons (Fsp3) is 0.714. The molecule has 0 aromatic carbocycles. The molecule has 0 heterocycles. The molecule has 0 aliphatic carbocycles. The van der Waals surface area contributed by atoms with E-state index < -0.39 is 11.8 Å². The zero-order valence-electron chi connectivity index (χ0n) is 6.55. The molecule has 0 fully saturated rings. The number of nitrogens with two attached hydrogens (primary N) is 1. The van der Waals surface area contributed by atoms with E-state index in [1.807, 2.05) is 0 Å². The van der Waals surface area contributed by atoms with Crippen molar-refractivity contribution in [3.05, 3.63) is 0 Å². The van der Waals surface area contributed by atoms with Crippen molar-refractivity contribution in [2.45, 2.75) is 26.8 Å². The Balaban J connectivity index is 4.10. The van der Waals surface area contributed by atoms with Crippen molar-refractivity contribution in [2.24, 2.45) is 11.7 Å². The van der Waals surface area contributed by atoms with Gasteiger partial charge in [0.2, 0.25) is 11.6 Å². The van der Waals surface area contributed by atoms with Gasteiger partial charge in [-0.05, 0) is 6.92 Å². The summed E-state index contributed by atoms with van der Waals surface area (Å²) >= 11 is 0. The van der Waals surface area contributed by atoms with Crippen molar-refractivity contribution in [3.63, 3.8) is 0 Å². The molecule has 0 aliphatic heterocycles. The van der Waals surface area contributed by atoms with E-state index in [0.717, 1.165) is 0 Å². The smallest absolute Gasteiger partial charge is 0.214 e. The normalized spacial score (nSPS) is 13.3. The highest BCUT2D eigenvalue weighted by molar-refractivity contribution is 6.39. The van der Waals surface area contributed by atoms with E-state index in [9.17, 15) is 9.59 Å². The van der Waals surface area contributed by atoms with Gasteiger partial charge in [0.05, 0.1) is 6.04 Å². The molecule has 0 spiro atoms. The summed E-state index contributed by atoms with van der Waals surface area (Å²) in [6, 6.07) is -0.658. The second-order valence-corrected chi connectivity index (χ2v) is 2.67. The minimum absolute atomic E-state index is 0.238. The monoisotopic (exact) mass is 143 g/mol. The first-order valence-corrected chi connectivity index (χ1v) is 3.30. The van der Waals surface area contributed by atoms with Crippen LogP contribution in [0, 0.1) is 5.92 Å². The molecule has 0 saturated carbocycles. The van der Waals surface area contributed by atoms with E-state index in [1.54, 1.807) is 13.8 Å². The maximum Gasteiger partial charge on any atom is 0.214 e. The third kappa shape index (κ3) is 2.27. The van der Waals surface area contributed by atoms with Crippen LogP contribution in [0.5, 0.6) is 0 Å². The van der Waals surface area contributed by atoms with Crippen molar-refractivity contribution >= 4 is 11.6 Å². The van der Waals surface area contributed by atoms with Crippen LogP contribution in [0.15, 0.2) is 0 Å². The molecule has 0 radical (unpaired) electrons. The van der Waals surface area contributed by atoms with Crippen LogP contribution in [-0.4, -0.2) is 17.6 Å². The van der Waals surface area contributed by atoms with Gasteiger partial charge in [-0.25, -0.2) is 0 Å². The molecule has 0 bridgehead atoms. The number of Topliss-reactive ketones (excluding diaryl/α,β-unsaturated/α-hetero) is 2. The second-order valence-electron chi connectivity index (χ2n) is 2.67. The Morgan fingerprint density at radius 2 is 1.50 bits per heavy atom. The minimum Gasteiger partial charge on any atom is -0.321 e. The molecule has 1 unspecified atom stereocenters. The van der Waals surface area contributed by atoms with Crippen molar-refractivity contribution in [1.29, 1.82) is 0 Å². The molecule has 58 valence electrons. The lowest BCUT2D eigenvalue weighted by Gasteiger charge is -2.04. The fourth-order valence-corrected chi connectivity index (χ4v) is 0.509. The Morgan fingerprint density at radius 1 is 1.10 bits per heavy atom. The Bertz CT molecular complexity index is 132. The number of hydrogen-bond donors (Lipinski definition) is 1. The molecule has 1 atom stereocenters. The second kappa shape index (κ2) is 3.46. The number of carbonyl (C=O) groups is 2. The van der Waals surface area contributed by atoms with Gasteiger partial charge in [-0.1, -0.05) is 13.8 Å². The highest BCUT2D eigenvalue weighted by Crippen LogP contribution is 1.96. The lowest BCUT2D eigenvalue weighted by Crippen LogP contribution is -2.35. The molecule has 0 rings (SSSR count).